The summed E-state index contributed by atoms with van der Waals surface area (Å²) in [6, 6.07) is 3.76. The molecular formula is C17H25N5O3. The lowest BCUT2D eigenvalue weighted by molar-refractivity contribution is 0.0121. The number of aromatic nitrogens is 2. The number of hydrogen-bond acceptors (Lipinski definition) is 5. The molecule has 2 aromatic rings. The van der Waals surface area contributed by atoms with Crippen molar-refractivity contribution in [1.29, 1.82) is 0 Å². The number of imidazole rings is 1. The minimum atomic E-state index is -0.179. The van der Waals surface area contributed by atoms with Crippen LogP contribution < -0.4 is 10.6 Å². The van der Waals surface area contributed by atoms with Gasteiger partial charge in [0, 0.05) is 45.1 Å². The van der Waals surface area contributed by atoms with Crippen LogP contribution in [0.15, 0.2) is 35.3 Å². The summed E-state index contributed by atoms with van der Waals surface area (Å²) >= 11 is 0. The fourth-order valence-corrected chi connectivity index (χ4v) is 2.90. The van der Waals surface area contributed by atoms with Gasteiger partial charge in [-0.15, -0.1) is 0 Å². The molecule has 8 heteroatoms. The summed E-state index contributed by atoms with van der Waals surface area (Å²) in [5.74, 6) is 1.75. The lowest BCUT2D eigenvalue weighted by Crippen LogP contribution is -2.46. The van der Waals surface area contributed by atoms with E-state index < -0.39 is 0 Å². The van der Waals surface area contributed by atoms with E-state index in [0.717, 1.165) is 24.6 Å². The topological polar surface area (TPSA) is 84.6 Å². The minimum Gasteiger partial charge on any atom is -0.465 e. The Hall–Kier alpha value is -2.32. The van der Waals surface area contributed by atoms with Gasteiger partial charge in [-0.3, -0.25) is 4.90 Å². The zero-order chi connectivity index (χ0) is 17.5. The fraction of sp³-hybridized carbons (Fsp3) is 0.529. The van der Waals surface area contributed by atoms with E-state index in [9.17, 15) is 4.79 Å². The third kappa shape index (κ3) is 5.07. The van der Waals surface area contributed by atoms with Gasteiger partial charge < -0.3 is 24.4 Å². The Labute approximate surface area is 147 Å². The van der Waals surface area contributed by atoms with E-state index in [4.69, 9.17) is 9.15 Å². The predicted molar refractivity (Wildman–Crippen MR) is 92.2 cm³/mol. The van der Waals surface area contributed by atoms with Crippen LogP contribution in [0.4, 0.5) is 4.79 Å². The molecule has 8 nitrogen and oxygen atoms in total. The summed E-state index contributed by atoms with van der Waals surface area (Å²) in [4.78, 5) is 18.3. The molecule has 2 amide bonds. The van der Waals surface area contributed by atoms with Gasteiger partial charge in [0.1, 0.15) is 11.5 Å². The zero-order valence-corrected chi connectivity index (χ0v) is 14.5. The summed E-state index contributed by atoms with van der Waals surface area (Å²) in [6.45, 7) is 6.71. The quantitative estimate of drug-likeness (QED) is 0.785. The molecule has 1 aliphatic heterocycles. The maximum Gasteiger partial charge on any atom is 0.314 e. The Morgan fingerprint density at radius 1 is 1.32 bits per heavy atom. The number of nitrogens with one attached hydrogen (secondary N) is 2. The average molecular weight is 347 g/mol. The SMILES string of the molecule is Cc1ccc([C@@H](CNC(=O)NCCn2ccnc2)N2CCOCC2)o1. The first-order chi connectivity index (χ1) is 12.2. The first-order valence-electron chi connectivity index (χ1n) is 8.58. The molecular weight excluding hydrogens is 322 g/mol. The van der Waals surface area contributed by atoms with Crippen molar-refractivity contribution in [1.82, 2.24) is 25.1 Å². The monoisotopic (exact) mass is 347 g/mol. The van der Waals surface area contributed by atoms with Crippen molar-refractivity contribution in [2.75, 3.05) is 39.4 Å². The second-order valence-corrected chi connectivity index (χ2v) is 6.05. The minimum absolute atomic E-state index is 0.0111. The van der Waals surface area contributed by atoms with Gasteiger partial charge in [-0.25, -0.2) is 9.78 Å². The van der Waals surface area contributed by atoms with Crippen molar-refractivity contribution in [2.24, 2.45) is 0 Å². The number of morpholine rings is 1. The third-order valence-corrected chi connectivity index (χ3v) is 4.25. The average Bonchev–Trinajstić information content (AvgIpc) is 3.28. The highest BCUT2D eigenvalue weighted by atomic mass is 16.5. The van der Waals surface area contributed by atoms with Gasteiger partial charge >= 0.3 is 6.03 Å². The highest BCUT2D eigenvalue weighted by molar-refractivity contribution is 5.73. The van der Waals surface area contributed by atoms with Crippen LogP contribution in [-0.2, 0) is 11.3 Å². The molecule has 3 heterocycles. The van der Waals surface area contributed by atoms with Crippen LogP contribution in [0, 0.1) is 6.92 Å². The summed E-state index contributed by atoms with van der Waals surface area (Å²) in [6.07, 6.45) is 5.32. The van der Waals surface area contributed by atoms with E-state index in [1.165, 1.54) is 0 Å². The number of hydrogen-bond donors (Lipinski definition) is 2. The van der Waals surface area contributed by atoms with Crippen LogP contribution in [0.3, 0.4) is 0 Å². The Morgan fingerprint density at radius 2 is 2.16 bits per heavy atom. The molecule has 0 aromatic carbocycles. The summed E-state index contributed by atoms with van der Waals surface area (Å²) in [5, 5.41) is 5.81. The molecule has 2 N–H and O–H groups in total. The van der Waals surface area contributed by atoms with Crippen molar-refractivity contribution in [3.05, 3.63) is 42.4 Å². The van der Waals surface area contributed by atoms with E-state index in [1.54, 1.807) is 12.5 Å². The van der Waals surface area contributed by atoms with Crippen molar-refractivity contribution < 1.29 is 13.9 Å². The van der Waals surface area contributed by atoms with E-state index in [0.29, 0.717) is 32.8 Å². The van der Waals surface area contributed by atoms with Crippen molar-refractivity contribution in [3.63, 3.8) is 0 Å². The number of amides is 2. The molecule has 3 rings (SSSR count). The largest absolute Gasteiger partial charge is 0.465 e. The molecule has 0 saturated carbocycles. The number of carbonyl (C=O) groups is 1. The van der Waals surface area contributed by atoms with Gasteiger partial charge in [-0.2, -0.15) is 0 Å². The second kappa shape index (κ2) is 8.68. The number of aryl methyl sites for hydroxylation is 1. The summed E-state index contributed by atoms with van der Waals surface area (Å²) in [5.41, 5.74) is 0. The van der Waals surface area contributed by atoms with Crippen LogP contribution in [-0.4, -0.2) is 59.9 Å². The van der Waals surface area contributed by atoms with Crippen LogP contribution in [0.5, 0.6) is 0 Å². The Bertz CT molecular complexity index is 649. The number of furan rings is 1. The summed E-state index contributed by atoms with van der Waals surface area (Å²) < 4.78 is 13.1. The first kappa shape index (κ1) is 17.5. The Kier molecular flexibility index (Phi) is 6.08. The highest BCUT2D eigenvalue weighted by Crippen LogP contribution is 2.23. The number of nitrogens with zero attached hydrogens (tertiary/aromatic N) is 3. The first-order valence-corrected chi connectivity index (χ1v) is 8.58. The number of rotatable bonds is 7. The summed E-state index contributed by atoms with van der Waals surface area (Å²) in [7, 11) is 0. The Balaban J connectivity index is 1.50. The van der Waals surface area contributed by atoms with E-state index in [2.05, 4.69) is 20.5 Å². The van der Waals surface area contributed by atoms with Crippen LogP contribution >= 0.6 is 0 Å². The third-order valence-electron chi connectivity index (χ3n) is 4.25. The van der Waals surface area contributed by atoms with Crippen LogP contribution in [0.1, 0.15) is 17.6 Å². The van der Waals surface area contributed by atoms with E-state index >= 15 is 0 Å². The van der Waals surface area contributed by atoms with E-state index in [1.807, 2.05) is 29.8 Å². The number of carbonyl (C=O) groups excluding carboxylic acids is 1. The zero-order valence-electron chi connectivity index (χ0n) is 14.5. The standard InChI is InChI=1S/C17H25N5O3/c1-14-2-3-16(25-14)15(22-8-10-24-11-9-22)12-20-17(23)19-5-7-21-6-4-18-13-21/h2-4,6,13,15H,5,7-12H2,1H3,(H2,19,20,23)/t15-/m1/s1. The molecule has 0 unspecified atom stereocenters. The van der Waals surface area contributed by atoms with E-state index in [-0.39, 0.29) is 12.1 Å². The molecule has 0 bridgehead atoms. The van der Waals surface area contributed by atoms with Gasteiger partial charge in [-0.1, -0.05) is 0 Å². The molecule has 1 saturated heterocycles. The number of ether oxygens (including phenoxy) is 1. The normalized spacial score (nSPS) is 16.5. The molecule has 0 spiro atoms. The molecule has 25 heavy (non-hydrogen) atoms. The van der Waals surface area contributed by atoms with Crippen LogP contribution in [0.25, 0.3) is 0 Å². The van der Waals surface area contributed by atoms with Gasteiger partial charge in [0.15, 0.2) is 0 Å². The molecule has 0 aliphatic carbocycles. The van der Waals surface area contributed by atoms with Gasteiger partial charge in [0.05, 0.1) is 25.6 Å². The van der Waals surface area contributed by atoms with Crippen molar-refractivity contribution in [2.45, 2.75) is 19.5 Å². The lowest BCUT2D eigenvalue weighted by Gasteiger charge is -2.33. The maximum atomic E-state index is 12.1. The molecule has 136 valence electrons. The molecule has 1 fully saturated rings. The van der Waals surface area contributed by atoms with Crippen LogP contribution in [0.2, 0.25) is 0 Å². The Morgan fingerprint density at radius 3 is 2.84 bits per heavy atom. The maximum absolute atomic E-state index is 12.1. The van der Waals surface area contributed by atoms with Gasteiger partial charge in [0.2, 0.25) is 0 Å². The molecule has 2 aromatic heterocycles. The molecule has 1 atom stereocenters. The lowest BCUT2D eigenvalue weighted by atomic mass is 10.1. The predicted octanol–water partition coefficient (Wildman–Crippen LogP) is 1.16. The molecule has 1 aliphatic rings. The van der Waals surface area contributed by atoms with Crippen molar-refractivity contribution >= 4 is 6.03 Å². The fourth-order valence-electron chi connectivity index (χ4n) is 2.90. The smallest absolute Gasteiger partial charge is 0.314 e. The highest BCUT2D eigenvalue weighted by Gasteiger charge is 2.25. The van der Waals surface area contributed by atoms with Gasteiger partial charge in [-0.05, 0) is 19.1 Å². The van der Waals surface area contributed by atoms with Crippen molar-refractivity contribution in [3.8, 4) is 0 Å². The van der Waals surface area contributed by atoms with Gasteiger partial charge in [0.25, 0.3) is 0 Å². The number of urea groups is 1. The molecule has 0 radical (unpaired) electrons. The second-order valence-electron chi connectivity index (χ2n) is 6.05.